The van der Waals surface area contributed by atoms with E-state index in [0.29, 0.717) is 23.3 Å². The fourth-order valence-electron chi connectivity index (χ4n) is 3.35. The van der Waals surface area contributed by atoms with Gasteiger partial charge in [-0.15, -0.1) is 0 Å². The number of rotatable bonds is 8. The van der Waals surface area contributed by atoms with Crippen LogP contribution in [0.1, 0.15) is 54.6 Å². The second kappa shape index (κ2) is 9.39. The summed E-state index contributed by atoms with van der Waals surface area (Å²) in [5, 5.41) is 3.70. The number of carbonyl (C=O) groups excluding carboxylic acids is 1. The lowest BCUT2D eigenvalue weighted by Gasteiger charge is -2.33. The fourth-order valence-corrected chi connectivity index (χ4v) is 4.10. The minimum Gasteiger partial charge on any atom is -0.455 e. The van der Waals surface area contributed by atoms with E-state index in [2.05, 4.69) is 42.1 Å². The molecule has 3 heterocycles. The van der Waals surface area contributed by atoms with Crippen molar-refractivity contribution in [1.29, 1.82) is 0 Å². The van der Waals surface area contributed by atoms with Crippen molar-refractivity contribution in [3.8, 4) is 0 Å². The number of nitrogens with zero attached hydrogens (tertiary/aromatic N) is 4. The zero-order valence-electron chi connectivity index (χ0n) is 18.1. The molecule has 0 radical (unpaired) electrons. The number of amides is 1. The van der Waals surface area contributed by atoms with Crippen LogP contribution in [0.5, 0.6) is 0 Å². The molecule has 1 saturated carbocycles. The van der Waals surface area contributed by atoms with Crippen LogP contribution in [0.2, 0.25) is 0 Å². The van der Waals surface area contributed by atoms with Crippen molar-refractivity contribution in [3.63, 3.8) is 0 Å². The number of likely N-dealkylation sites (N-methyl/N-ethyl adjacent to an activating group) is 1. The Labute approximate surface area is 182 Å². The summed E-state index contributed by atoms with van der Waals surface area (Å²) in [5.74, 6) is 3.59. The molecule has 0 spiro atoms. The van der Waals surface area contributed by atoms with Crippen LogP contribution in [-0.4, -0.2) is 60.5 Å². The highest BCUT2D eigenvalue weighted by molar-refractivity contribution is 7.98. The van der Waals surface area contributed by atoms with E-state index in [4.69, 9.17) is 14.4 Å². The van der Waals surface area contributed by atoms with Crippen LogP contribution in [-0.2, 0) is 5.75 Å². The summed E-state index contributed by atoms with van der Waals surface area (Å²) >= 11 is 1.55. The average molecular weight is 430 g/mol. The molecular formula is C22H31N5O2S. The number of nitrogens with one attached hydrogen (secondary N) is 1. The molecule has 2 aromatic heterocycles. The second-order valence-electron chi connectivity index (χ2n) is 8.59. The molecule has 1 aliphatic carbocycles. The molecule has 0 atom stereocenters. The molecule has 1 N–H and O–H groups in total. The number of carbonyl (C=O) groups is 1. The first-order chi connectivity index (χ1) is 14.5. The number of anilines is 1. The lowest BCUT2D eigenvalue weighted by molar-refractivity contribution is 0.0922. The number of furan rings is 1. The van der Waals surface area contributed by atoms with Gasteiger partial charge in [0.25, 0.3) is 5.91 Å². The Balaban J connectivity index is 1.40. The number of hydrogen-bond acceptors (Lipinski definition) is 7. The molecule has 8 heteroatoms. The molecule has 7 nitrogen and oxygen atoms in total. The molecule has 0 unspecified atom stereocenters. The average Bonchev–Trinajstić information content (AvgIpc) is 3.45. The van der Waals surface area contributed by atoms with E-state index in [-0.39, 0.29) is 5.91 Å². The fraction of sp³-hybridized carbons (Fsp3) is 0.591. The van der Waals surface area contributed by atoms with Gasteiger partial charge in [0.2, 0.25) is 0 Å². The van der Waals surface area contributed by atoms with Gasteiger partial charge in [0.05, 0.1) is 5.75 Å². The van der Waals surface area contributed by atoms with Crippen molar-refractivity contribution < 1.29 is 9.21 Å². The molecule has 2 aromatic rings. The van der Waals surface area contributed by atoms with Gasteiger partial charge in [-0.25, -0.2) is 9.97 Å². The van der Waals surface area contributed by atoms with Gasteiger partial charge in [-0.1, -0.05) is 25.6 Å². The highest BCUT2D eigenvalue weighted by Gasteiger charge is 2.23. The third-order valence-corrected chi connectivity index (χ3v) is 6.48. The van der Waals surface area contributed by atoms with E-state index in [0.717, 1.165) is 55.2 Å². The maximum absolute atomic E-state index is 12.2. The standard InChI is InChI=1S/C22H31N5O2S/c1-15(2)18-12-20(27-10-8-26(3)9-11-27)25-22(24-18)30-14-17-6-7-19(29-17)21(28)23-13-16-4-5-16/h6-7,12,15-16H,4-5,8-11,13-14H2,1-3H3,(H,23,28). The first-order valence-electron chi connectivity index (χ1n) is 10.8. The Morgan fingerprint density at radius 1 is 1.23 bits per heavy atom. The lowest BCUT2D eigenvalue weighted by atomic mass is 10.1. The van der Waals surface area contributed by atoms with Crippen LogP contribution in [0.3, 0.4) is 0 Å². The van der Waals surface area contributed by atoms with Gasteiger partial charge in [-0.05, 0) is 43.9 Å². The summed E-state index contributed by atoms with van der Waals surface area (Å²) in [6, 6.07) is 5.74. The molecule has 4 rings (SSSR count). The molecule has 30 heavy (non-hydrogen) atoms. The van der Waals surface area contributed by atoms with Gasteiger partial charge < -0.3 is 19.5 Å². The molecule has 0 aromatic carbocycles. The zero-order valence-corrected chi connectivity index (χ0v) is 18.9. The van der Waals surface area contributed by atoms with E-state index in [1.54, 1.807) is 17.8 Å². The summed E-state index contributed by atoms with van der Waals surface area (Å²) in [4.78, 5) is 26.4. The number of thioether (sulfide) groups is 1. The van der Waals surface area contributed by atoms with Crippen LogP contribution >= 0.6 is 11.8 Å². The van der Waals surface area contributed by atoms with Gasteiger partial charge in [0, 0.05) is 44.5 Å². The molecule has 162 valence electrons. The Morgan fingerprint density at radius 2 is 2.00 bits per heavy atom. The van der Waals surface area contributed by atoms with Crippen LogP contribution in [0.4, 0.5) is 5.82 Å². The van der Waals surface area contributed by atoms with Crippen molar-refractivity contribution in [3.05, 3.63) is 35.4 Å². The molecule has 0 bridgehead atoms. The number of hydrogen-bond donors (Lipinski definition) is 1. The normalized spacial score (nSPS) is 17.5. The van der Waals surface area contributed by atoms with Gasteiger partial charge >= 0.3 is 0 Å². The van der Waals surface area contributed by atoms with Crippen molar-refractivity contribution in [2.75, 3.05) is 44.7 Å². The van der Waals surface area contributed by atoms with Crippen LogP contribution < -0.4 is 10.2 Å². The summed E-state index contributed by atoms with van der Waals surface area (Å²) in [5.41, 5.74) is 1.06. The summed E-state index contributed by atoms with van der Waals surface area (Å²) in [7, 11) is 2.15. The van der Waals surface area contributed by atoms with E-state index < -0.39 is 0 Å². The third kappa shape index (κ3) is 5.55. The van der Waals surface area contributed by atoms with Crippen molar-refractivity contribution in [2.45, 2.75) is 43.5 Å². The van der Waals surface area contributed by atoms with Gasteiger partial charge in [-0.2, -0.15) is 0 Å². The quantitative estimate of drug-likeness (QED) is 0.509. The molecule has 1 saturated heterocycles. The summed E-state index contributed by atoms with van der Waals surface area (Å²) in [6.07, 6.45) is 2.43. The minimum atomic E-state index is -0.131. The highest BCUT2D eigenvalue weighted by Crippen LogP contribution is 2.28. The summed E-state index contributed by atoms with van der Waals surface area (Å²) < 4.78 is 5.75. The Morgan fingerprint density at radius 3 is 2.70 bits per heavy atom. The largest absolute Gasteiger partial charge is 0.455 e. The van der Waals surface area contributed by atoms with Crippen molar-refractivity contribution >= 4 is 23.5 Å². The first kappa shape index (κ1) is 21.2. The van der Waals surface area contributed by atoms with Crippen molar-refractivity contribution in [2.24, 2.45) is 5.92 Å². The first-order valence-corrected chi connectivity index (χ1v) is 11.8. The third-order valence-electron chi connectivity index (χ3n) is 5.61. The SMILES string of the molecule is CC(C)c1cc(N2CCN(C)CC2)nc(SCc2ccc(C(=O)NCC3CC3)o2)n1. The maximum Gasteiger partial charge on any atom is 0.287 e. The zero-order chi connectivity index (χ0) is 21.1. The van der Waals surface area contributed by atoms with Crippen LogP contribution in [0.15, 0.2) is 27.8 Å². The molecule has 1 aliphatic heterocycles. The molecule has 2 fully saturated rings. The lowest BCUT2D eigenvalue weighted by Crippen LogP contribution is -2.44. The molecule has 1 amide bonds. The van der Waals surface area contributed by atoms with Crippen molar-refractivity contribution in [1.82, 2.24) is 20.2 Å². The van der Waals surface area contributed by atoms with Gasteiger partial charge in [-0.3, -0.25) is 4.79 Å². The monoisotopic (exact) mass is 429 g/mol. The van der Waals surface area contributed by atoms with E-state index >= 15 is 0 Å². The number of aromatic nitrogens is 2. The smallest absolute Gasteiger partial charge is 0.287 e. The molecular weight excluding hydrogens is 398 g/mol. The highest BCUT2D eigenvalue weighted by atomic mass is 32.2. The Bertz CT molecular complexity index is 872. The maximum atomic E-state index is 12.2. The molecule has 2 aliphatic rings. The van der Waals surface area contributed by atoms with Crippen LogP contribution in [0, 0.1) is 5.92 Å². The predicted molar refractivity (Wildman–Crippen MR) is 119 cm³/mol. The van der Waals surface area contributed by atoms with E-state index in [1.807, 2.05) is 6.07 Å². The topological polar surface area (TPSA) is 74.5 Å². The van der Waals surface area contributed by atoms with Gasteiger partial charge in [0.15, 0.2) is 10.9 Å². The van der Waals surface area contributed by atoms with E-state index in [9.17, 15) is 4.79 Å². The summed E-state index contributed by atoms with van der Waals surface area (Å²) in [6.45, 7) is 9.10. The van der Waals surface area contributed by atoms with Crippen LogP contribution in [0.25, 0.3) is 0 Å². The Hall–Kier alpha value is -2.06. The second-order valence-corrected chi connectivity index (χ2v) is 9.53. The minimum absolute atomic E-state index is 0.131. The predicted octanol–water partition coefficient (Wildman–Crippen LogP) is 3.38. The number of piperazine rings is 1. The van der Waals surface area contributed by atoms with Gasteiger partial charge in [0.1, 0.15) is 11.6 Å². The van der Waals surface area contributed by atoms with E-state index in [1.165, 1.54) is 12.8 Å². The Kier molecular flexibility index (Phi) is 6.63.